The van der Waals surface area contributed by atoms with Gasteiger partial charge in [0.1, 0.15) is 0 Å². The number of halogens is 1. The maximum Gasteiger partial charge on any atom is 0.0125 e. The third kappa shape index (κ3) is 2.74. The minimum atomic E-state index is 0.362. The van der Waals surface area contributed by atoms with E-state index >= 15 is 0 Å². The van der Waals surface area contributed by atoms with E-state index < -0.39 is 0 Å². The fraction of sp³-hybridized carbons (Fsp3) is 1.00. The molecule has 0 spiro atoms. The molecule has 12 heavy (non-hydrogen) atoms. The van der Waals surface area contributed by atoms with Crippen LogP contribution in [0.4, 0.5) is 0 Å². The lowest BCUT2D eigenvalue weighted by molar-refractivity contribution is 0.0859. The van der Waals surface area contributed by atoms with Gasteiger partial charge in [-0.25, -0.2) is 0 Å². The Morgan fingerprint density at radius 1 is 1.42 bits per heavy atom. The third-order valence-corrected chi connectivity index (χ3v) is 3.60. The van der Waals surface area contributed by atoms with E-state index in [1.165, 1.54) is 31.3 Å². The van der Waals surface area contributed by atoms with E-state index in [0.717, 1.165) is 5.92 Å². The molecule has 72 valence electrons. The van der Waals surface area contributed by atoms with E-state index in [1.807, 2.05) is 0 Å². The fourth-order valence-corrected chi connectivity index (χ4v) is 2.33. The molecule has 0 aromatic heterocycles. The molecule has 1 atom stereocenters. The number of rotatable bonds is 1. The van der Waals surface area contributed by atoms with Crippen LogP contribution in [0.2, 0.25) is 0 Å². The normalized spacial score (nSPS) is 27.5. The third-order valence-electron chi connectivity index (χ3n) is 2.69. The minimum absolute atomic E-state index is 0.362. The number of likely N-dealkylation sites (tertiary alicyclic amines) is 1. The number of piperidine rings is 1. The van der Waals surface area contributed by atoms with Gasteiger partial charge in [0.15, 0.2) is 0 Å². The van der Waals surface area contributed by atoms with Gasteiger partial charge in [-0.05, 0) is 46.1 Å². The highest BCUT2D eigenvalue weighted by atomic mass is 79.9. The van der Waals surface area contributed by atoms with Gasteiger partial charge >= 0.3 is 0 Å². The maximum absolute atomic E-state index is 3.58. The van der Waals surface area contributed by atoms with Crippen molar-refractivity contribution in [1.29, 1.82) is 0 Å². The van der Waals surface area contributed by atoms with Crippen LogP contribution >= 0.6 is 15.9 Å². The van der Waals surface area contributed by atoms with Crippen LogP contribution in [0, 0.1) is 5.92 Å². The van der Waals surface area contributed by atoms with Crippen molar-refractivity contribution in [2.45, 2.75) is 39.2 Å². The van der Waals surface area contributed by atoms with E-state index in [1.54, 1.807) is 0 Å². The van der Waals surface area contributed by atoms with E-state index in [-0.39, 0.29) is 0 Å². The highest BCUT2D eigenvalue weighted by Crippen LogP contribution is 2.24. The molecule has 1 rings (SSSR count). The van der Waals surface area contributed by atoms with Crippen molar-refractivity contribution in [3.05, 3.63) is 0 Å². The molecule has 0 amide bonds. The second-order valence-corrected chi connectivity index (χ2v) is 5.43. The topological polar surface area (TPSA) is 3.24 Å². The first-order chi connectivity index (χ1) is 5.54. The lowest BCUT2D eigenvalue weighted by atomic mass is 9.95. The quantitative estimate of drug-likeness (QED) is 0.630. The van der Waals surface area contributed by atoms with Crippen LogP contribution in [-0.4, -0.2) is 28.9 Å². The molecule has 0 N–H and O–H groups in total. The molecular formula is C10H20BrN. The summed E-state index contributed by atoms with van der Waals surface area (Å²) < 4.78 is 0. The first-order valence-corrected chi connectivity index (χ1v) is 5.97. The van der Waals surface area contributed by atoms with Crippen LogP contribution in [0.1, 0.15) is 33.6 Å². The summed E-state index contributed by atoms with van der Waals surface area (Å²) in [4.78, 5) is 2.60. The Hall–Kier alpha value is 0.440. The summed E-state index contributed by atoms with van der Waals surface area (Å²) in [5.74, 6) is 0.873. The molecule has 2 heteroatoms. The van der Waals surface area contributed by atoms with Crippen molar-refractivity contribution in [3.63, 3.8) is 0 Å². The summed E-state index contributed by atoms with van der Waals surface area (Å²) in [5, 5.41) is 1.17. The van der Waals surface area contributed by atoms with Gasteiger partial charge in [-0.3, -0.25) is 4.90 Å². The Kier molecular flexibility index (Phi) is 3.59. The molecule has 1 fully saturated rings. The van der Waals surface area contributed by atoms with Gasteiger partial charge in [0.2, 0.25) is 0 Å². The smallest absolute Gasteiger partial charge is 0.0125 e. The van der Waals surface area contributed by atoms with E-state index in [2.05, 4.69) is 41.6 Å². The van der Waals surface area contributed by atoms with Crippen molar-refractivity contribution in [3.8, 4) is 0 Å². The van der Waals surface area contributed by atoms with Gasteiger partial charge in [0, 0.05) is 17.4 Å². The maximum atomic E-state index is 3.58. The lowest BCUT2D eigenvalue weighted by Gasteiger charge is -2.41. The number of hydrogen-bond donors (Lipinski definition) is 0. The zero-order valence-corrected chi connectivity index (χ0v) is 10.0. The highest BCUT2D eigenvalue weighted by molar-refractivity contribution is 9.09. The monoisotopic (exact) mass is 233 g/mol. The molecule has 0 aromatic rings. The zero-order chi connectivity index (χ0) is 9.19. The molecule has 1 unspecified atom stereocenters. The fourth-order valence-electron chi connectivity index (χ4n) is 1.80. The molecule has 1 saturated heterocycles. The van der Waals surface area contributed by atoms with Gasteiger partial charge in [-0.1, -0.05) is 15.9 Å². The highest BCUT2D eigenvalue weighted by Gasteiger charge is 2.26. The molecular weight excluding hydrogens is 214 g/mol. The van der Waals surface area contributed by atoms with Crippen molar-refractivity contribution in [2.75, 3.05) is 18.4 Å². The summed E-state index contributed by atoms with van der Waals surface area (Å²) in [5.41, 5.74) is 0.362. The average molecular weight is 234 g/mol. The lowest BCUT2D eigenvalue weighted by Crippen LogP contribution is -2.47. The van der Waals surface area contributed by atoms with Crippen LogP contribution in [0.15, 0.2) is 0 Å². The van der Waals surface area contributed by atoms with Crippen LogP contribution in [0.3, 0.4) is 0 Å². The summed E-state index contributed by atoms with van der Waals surface area (Å²) in [6, 6.07) is 0. The summed E-state index contributed by atoms with van der Waals surface area (Å²) in [6.45, 7) is 9.48. The molecule has 0 radical (unpaired) electrons. The zero-order valence-electron chi connectivity index (χ0n) is 8.44. The summed E-state index contributed by atoms with van der Waals surface area (Å²) >= 11 is 3.58. The number of hydrogen-bond acceptors (Lipinski definition) is 1. The molecule has 0 saturated carbocycles. The van der Waals surface area contributed by atoms with Crippen LogP contribution in [-0.2, 0) is 0 Å². The van der Waals surface area contributed by atoms with Crippen molar-refractivity contribution in [2.24, 2.45) is 5.92 Å². The molecule has 1 aliphatic heterocycles. The van der Waals surface area contributed by atoms with Gasteiger partial charge in [0.25, 0.3) is 0 Å². The Morgan fingerprint density at radius 3 is 2.58 bits per heavy atom. The standard InChI is InChI=1S/C10H20BrN/c1-10(2,3)12-6-4-5-9(7-11)8-12/h9H,4-8H2,1-3H3. The predicted octanol–water partition coefficient (Wildman–Crippen LogP) is 2.89. The van der Waals surface area contributed by atoms with Gasteiger partial charge in [0.05, 0.1) is 0 Å². The van der Waals surface area contributed by atoms with Crippen LogP contribution in [0.25, 0.3) is 0 Å². The minimum Gasteiger partial charge on any atom is -0.298 e. The van der Waals surface area contributed by atoms with Gasteiger partial charge in [-0.15, -0.1) is 0 Å². The van der Waals surface area contributed by atoms with E-state index in [9.17, 15) is 0 Å². The van der Waals surface area contributed by atoms with Crippen molar-refractivity contribution < 1.29 is 0 Å². The Bertz CT molecular complexity index is 139. The molecule has 1 nitrogen and oxygen atoms in total. The Morgan fingerprint density at radius 2 is 2.08 bits per heavy atom. The van der Waals surface area contributed by atoms with Gasteiger partial charge < -0.3 is 0 Å². The molecule has 1 heterocycles. The number of nitrogens with zero attached hydrogens (tertiary/aromatic N) is 1. The SMILES string of the molecule is CC(C)(C)N1CCCC(CBr)C1. The Balaban J connectivity index is 2.46. The summed E-state index contributed by atoms with van der Waals surface area (Å²) in [7, 11) is 0. The van der Waals surface area contributed by atoms with Crippen LogP contribution < -0.4 is 0 Å². The second kappa shape index (κ2) is 4.10. The second-order valence-electron chi connectivity index (χ2n) is 4.78. The van der Waals surface area contributed by atoms with Crippen molar-refractivity contribution in [1.82, 2.24) is 4.90 Å². The van der Waals surface area contributed by atoms with E-state index in [0.29, 0.717) is 5.54 Å². The molecule has 0 aliphatic carbocycles. The predicted molar refractivity (Wildman–Crippen MR) is 57.8 cm³/mol. The largest absolute Gasteiger partial charge is 0.298 e. The first kappa shape index (κ1) is 10.5. The molecule has 0 bridgehead atoms. The molecule has 1 aliphatic rings. The summed E-state index contributed by atoms with van der Waals surface area (Å²) in [6.07, 6.45) is 2.77. The van der Waals surface area contributed by atoms with Crippen LogP contribution in [0.5, 0.6) is 0 Å². The Labute approximate surface area is 84.6 Å². The molecule has 0 aromatic carbocycles. The van der Waals surface area contributed by atoms with Crippen molar-refractivity contribution >= 4 is 15.9 Å². The number of alkyl halides is 1. The van der Waals surface area contributed by atoms with Gasteiger partial charge in [-0.2, -0.15) is 0 Å². The van der Waals surface area contributed by atoms with E-state index in [4.69, 9.17) is 0 Å². The first-order valence-electron chi connectivity index (χ1n) is 4.85. The average Bonchev–Trinajstić information content (AvgIpc) is 2.03.